The van der Waals surface area contributed by atoms with Gasteiger partial charge in [0.1, 0.15) is 5.75 Å². The van der Waals surface area contributed by atoms with Crippen molar-refractivity contribution in [3.63, 3.8) is 0 Å². The maximum absolute atomic E-state index is 12.7. The first-order valence-electron chi connectivity index (χ1n) is 9.06. The first-order chi connectivity index (χ1) is 13.9. The van der Waals surface area contributed by atoms with E-state index >= 15 is 0 Å². The van der Waals surface area contributed by atoms with Crippen molar-refractivity contribution in [3.05, 3.63) is 71.4 Å². The second kappa shape index (κ2) is 9.01. The second-order valence-electron chi connectivity index (χ2n) is 6.50. The van der Waals surface area contributed by atoms with Crippen LogP contribution in [0.1, 0.15) is 46.3 Å². The zero-order valence-electron chi connectivity index (χ0n) is 16.3. The number of carbonyl (C=O) groups is 2. The molecule has 0 saturated heterocycles. The van der Waals surface area contributed by atoms with Crippen LogP contribution in [0, 0.1) is 6.92 Å². The Labute approximate surface area is 167 Å². The predicted molar refractivity (Wildman–Crippen MR) is 105 cm³/mol. The van der Waals surface area contributed by atoms with E-state index in [0.717, 1.165) is 0 Å². The van der Waals surface area contributed by atoms with E-state index in [2.05, 4.69) is 15.5 Å². The summed E-state index contributed by atoms with van der Waals surface area (Å²) in [6.45, 7) is 5.33. The number of nitrogens with one attached hydrogen (secondary N) is 1. The molecule has 8 heteroatoms. The van der Waals surface area contributed by atoms with Gasteiger partial charge in [0.15, 0.2) is 6.61 Å². The van der Waals surface area contributed by atoms with Gasteiger partial charge in [-0.2, -0.15) is 4.98 Å². The molecular weight excluding hydrogens is 374 g/mol. The number of hydrogen-bond acceptors (Lipinski definition) is 7. The highest BCUT2D eigenvalue weighted by Gasteiger charge is 2.14. The molecule has 0 aliphatic heterocycles. The largest absolute Gasteiger partial charge is 0.485 e. The van der Waals surface area contributed by atoms with Crippen molar-refractivity contribution < 1.29 is 23.6 Å². The number of anilines is 1. The molecule has 0 aliphatic carbocycles. The molecule has 0 unspecified atom stereocenters. The Hall–Kier alpha value is -3.68. The lowest BCUT2D eigenvalue weighted by Gasteiger charge is -2.11. The van der Waals surface area contributed by atoms with E-state index in [1.165, 1.54) is 0 Å². The summed E-state index contributed by atoms with van der Waals surface area (Å²) in [6, 6.07) is 13.3. The number of hydrogen-bond donors (Lipinski definition) is 1. The van der Waals surface area contributed by atoms with Crippen molar-refractivity contribution in [2.45, 2.75) is 33.5 Å². The smallest absolute Gasteiger partial charge is 0.338 e. The summed E-state index contributed by atoms with van der Waals surface area (Å²) in [7, 11) is 0. The fraction of sp³-hybridized carbons (Fsp3) is 0.238. The van der Waals surface area contributed by atoms with Crippen LogP contribution in [0.25, 0.3) is 0 Å². The quantitative estimate of drug-likeness (QED) is 0.607. The molecule has 3 rings (SSSR count). The molecule has 0 spiro atoms. The van der Waals surface area contributed by atoms with Gasteiger partial charge < -0.3 is 19.3 Å². The van der Waals surface area contributed by atoms with Crippen LogP contribution in [0.15, 0.2) is 53.1 Å². The van der Waals surface area contributed by atoms with Gasteiger partial charge in [-0.05, 0) is 50.2 Å². The average molecular weight is 395 g/mol. The van der Waals surface area contributed by atoms with Crippen molar-refractivity contribution in [1.29, 1.82) is 0 Å². The fourth-order valence-electron chi connectivity index (χ4n) is 2.49. The summed E-state index contributed by atoms with van der Waals surface area (Å²) >= 11 is 0. The van der Waals surface area contributed by atoms with Gasteiger partial charge in [0.25, 0.3) is 5.91 Å². The molecule has 1 heterocycles. The molecule has 0 atom stereocenters. The molecule has 1 amide bonds. The van der Waals surface area contributed by atoms with E-state index in [-0.39, 0.29) is 18.6 Å². The molecule has 0 fully saturated rings. The normalized spacial score (nSPS) is 10.6. The number of rotatable bonds is 7. The van der Waals surface area contributed by atoms with E-state index in [9.17, 15) is 9.59 Å². The monoisotopic (exact) mass is 395 g/mol. The molecule has 0 aliphatic rings. The van der Waals surface area contributed by atoms with E-state index in [1.54, 1.807) is 69.3 Å². The van der Waals surface area contributed by atoms with Crippen molar-refractivity contribution in [2.75, 3.05) is 5.32 Å². The lowest BCUT2D eigenvalue weighted by Crippen LogP contribution is -2.14. The van der Waals surface area contributed by atoms with Crippen LogP contribution in [0.4, 0.5) is 5.69 Å². The maximum atomic E-state index is 12.7. The number of amides is 1. The Morgan fingerprint density at radius 1 is 1.10 bits per heavy atom. The first-order valence-corrected chi connectivity index (χ1v) is 9.06. The Balaban J connectivity index is 1.67. The van der Waals surface area contributed by atoms with E-state index in [0.29, 0.717) is 34.3 Å². The summed E-state index contributed by atoms with van der Waals surface area (Å²) < 4.78 is 15.7. The highest BCUT2D eigenvalue weighted by Crippen LogP contribution is 2.21. The van der Waals surface area contributed by atoms with Crippen LogP contribution >= 0.6 is 0 Å². The molecule has 150 valence electrons. The van der Waals surface area contributed by atoms with Gasteiger partial charge in [0, 0.05) is 12.6 Å². The SMILES string of the molecule is Cc1nc(COc2ccccc2C(=O)Nc2ccc(C(=O)OC(C)C)cc2)no1. The zero-order valence-corrected chi connectivity index (χ0v) is 16.3. The molecule has 3 aromatic rings. The van der Waals surface area contributed by atoms with Crippen molar-refractivity contribution >= 4 is 17.6 Å². The Morgan fingerprint density at radius 2 is 1.83 bits per heavy atom. The molecular formula is C21H21N3O5. The molecule has 1 N–H and O–H groups in total. The van der Waals surface area contributed by atoms with Crippen LogP contribution in [0.2, 0.25) is 0 Å². The van der Waals surface area contributed by atoms with Gasteiger partial charge in [-0.3, -0.25) is 4.79 Å². The average Bonchev–Trinajstić information content (AvgIpc) is 3.12. The topological polar surface area (TPSA) is 104 Å². The molecule has 0 radical (unpaired) electrons. The van der Waals surface area contributed by atoms with E-state index in [4.69, 9.17) is 14.0 Å². The van der Waals surface area contributed by atoms with Gasteiger partial charge in [-0.1, -0.05) is 17.3 Å². The minimum absolute atomic E-state index is 0.0777. The molecule has 0 bridgehead atoms. The Morgan fingerprint density at radius 3 is 2.48 bits per heavy atom. The number of aryl methyl sites for hydroxylation is 1. The summed E-state index contributed by atoms with van der Waals surface area (Å²) in [5.74, 6) is 0.470. The third-order valence-corrected chi connectivity index (χ3v) is 3.78. The number of aromatic nitrogens is 2. The van der Waals surface area contributed by atoms with Crippen LogP contribution in [-0.2, 0) is 11.3 Å². The number of carbonyl (C=O) groups excluding carboxylic acids is 2. The lowest BCUT2D eigenvalue weighted by molar-refractivity contribution is 0.0378. The van der Waals surface area contributed by atoms with Gasteiger partial charge in [-0.15, -0.1) is 0 Å². The molecule has 1 aromatic heterocycles. The third kappa shape index (κ3) is 5.41. The molecule has 0 saturated carbocycles. The summed E-state index contributed by atoms with van der Waals surface area (Å²) in [6.07, 6.45) is -0.199. The standard InChI is InChI=1S/C21H21N3O5/c1-13(2)28-21(26)15-8-10-16(11-9-15)23-20(25)17-6-4-5-7-18(17)27-12-19-22-14(3)29-24-19/h4-11,13H,12H2,1-3H3,(H,23,25). The number of ether oxygens (including phenoxy) is 2. The molecule has 2 aromatic carbocycles. The first kappa shape index (κ1) is 20.1. The fourth-order valence-corrected chi connectivity index (χ4v) is 2.49. The number of esters is 1. The summed E-state index contributed by atoms with van der Waals surface area (Å²) in [5, 5.41) is 6.55. The summed E-state index contributed by atoms with van der Waals surface area (Å²) in [4.78, 5) is 28.7. The van der Waals surface area contributed by atoms with Crippen molar-refractivity contribution in [1.82, 2.24) is 10.1 Å². The molecule has 29 heavy (non-hydrogen) atoms. The highest BCUT2D eigenvalue weighted by molar-refractivity contribution is 6.06. The maximum Gasteiger partial charge on any atom is 0.338 e. The minimum atomic E-state index is -0.409. The van der Waals surface area contributed by atoms with Crippen LogP contribution < -0.4 is 10.1 Å². The van der Waals surface area contributed by atoms with Crippen molar-refractivity contribution in [2.24, 2.45) is 0 Å². The Bertz CT molecular complexity index is 996. The van der Waals surface area contributed by atoms with Crippen LogP contribution in [0.3, 0.4) is 0 Å². The Kier molecular flexibility index (Phi) is 6.23. The highest BCUT2D eigenvalue weighted by atomic mass is 16.5. The van der Waals surface area contributed by atoms with Gasteiger partial charge in [-0.25, -0.2) is 4.79 Å². The van der Waals surface area contributed by atoms with Crippen LogP contribution in [-0.4, -0.2) is 28.1 Å². The minimum Gasteiger partial charge on any atom is -0.485 e. The van der Waals surface area contributed by atoms with Gasteiger partial charge >= 0.3 is 5.97 Å². The zero-order chi connectivity index (χ0) is 20.8. The molecule has 8 nitrogen and oxygen atoms in total. The predicted octanol–water partition coefficient (Wildman–Crippen LogP) is 3.77. The van der Waals surface area contributed by atoms with Gasteiger partial charge in [0.2, 0.25) is 11.7 Å². The van der Waals surface area contributed by atoms with E-state index < -0.39 is 5.97 Å². The number of benzene rings is 2. The second-order valence-corrected chi connectivity index (χ2v) is 6.50. The number of nitrogens with zero attached hydrogens (tertiary/aromatic N) is 2. The third-order valence-electron chi connectivity index (χ3n) is 3.78. The van der Waals surface area contributed by atoms with Gasteiger partial charge in [0.05, 0.1) is 17.2 Å². The number of para-hydroxylation sites is 1. The summed E-state index contributed by atoms with van der Waals surface area (Å²) in [5.41, 5.74) is 1.31. The van der Waals surface area contributed by atoms with Crippen molar-refractivity contribution in [3.8, 4) is 5.75 Å². The van der Waals surface area contributed by atoms with Crippen LogP contribution in [0.5, 0.6) is 5.75 Å². The van der Waals surface area contributed by atoms with E-state index in [1.807, 2.05) is 0 Å². The lowest BCUT2D eigenvalue weighted by atomic mass is 10.1.